The highest BCUT2D eigenvalue weighted by Gasteiger charge is 2.54. The minimum atomic E-state index is -0.404. The lowest BCUT2D eigenvalue weighted by Gasteiger charge is -2.55. The molecular formula is C20H26FNO3. The second kappa shape index (κ2) is 6.36. The molecule has 2 saturated carbocycles. The van der Waals surface area contributed by atoms with Gasteiger partial charge >= 0.3 is 0 Å². The van der Waals surface area contributed by atoms with Crippen molar-refractivity contribution >= 4 is 5.91 Å². The van der Waals surface area contributed by atoms with E-state index in [4.69, 9.17) is 0 Å². The van der Waals surface area contributed by atoms with Crippen molar-refractivity contribution in [3.05, 3.63) is 35.6 Å². The van der Waals surface area contributed by atoms with Crippen molar-refractivity contribution in [2.45, 2.75) is 56.1 Å². The molecule has 0 spiro atoms. The molecule has 2 N–H and O–H groups in total. The molecule has 136 valence electrons. The van der Waals surface area contributed by atoms with Gasteiger partial charge in [0.05, 0.1) is 12.2 Å². The summed E-state index contributed by atoms with van der Waals surface area (Å²) in [7, 11) is 0. The molecule has 2 aliphatic carbocycles. The number of fused-ring (bicyclic) bond motifs is 2. The summed E-state index contributed by atoms with van der Waals surface area (Å²) in [6.45, 7) is 0.826. The van der Waals surface area contributed by atoms with E-state index in [9.17, 15) is 19.4 Å². The molecule has 3 fully saturated rings. The molecule has 2 unspecified atom stereocenters. The standard InChI is InChI=1S/C20H26FNO3/c21-16-6-4-13(5-7-16)20(10-19(25)22-11-18(24)12-22)14-2-1-3-15(20)9-17(23)8-14/h4-7,14-15,17-18,23-24H,1-3,8-12H2/t14?,15?,17-,20-. The van der Waals surface area contributed by atoms with Gasteiger partial charge in [-0.3, -0.25) is 4.79 Å². The first kappa shape index (κ1) is 17.0. The summed E-state index contributed by atoms with van der Waals surface area (Å²) in [4.78, 5) is 14.6. The van der Waals surface area contributed by atoms with Gasteiger partial charge in [0.25, 0.3) is 0 Å². The van der Waals surface area contributed by atoms with Gasteiger partial charge in [-0.2, -0.15) is 0 Å². The molecule has 4 rings (SSSR count). The van der Waals surface area contributed by atoms with E-state index in [2.05, 4.69) is 0 Å². The Morgan fingerprint density at radius 3 is 2.24 bits per heavy atom. The summed E-state index contributed by atoms with van der Waals surface area (Å²) < 4.78 is 13.5. The summed E-state index contributed by atoms with van der Waals surface area (Å²) in [6.07, 6.45) is 4.24. The summed E-state index contributed by atoms with van der Waals surface area (Å²) >= 11 is 0. The largest absolute Gasteiger partial charge is 0.393 e. The van der Waals surface area contributed by atoms with Crippen LogP contribution < -0.4 is 0 Å². The van der Waals surface area contributed by atoms with Crippen LogP contribution in [0.25, 0.3) is 0 Å². The maximum Gasteiger partial charge on any atom is 0.223 e. The highest BCUT2D eigenvalue weighted by atomic mass is 19.1. The summed E-state index contributed by atoms with van der Waals surface area (Å²) in [5, 5.41) is 19.8. The monoisotopic (exact) mass is 347 g/mol. The van der Waals surface area contributed by atoms with E-state index in [0.717, 1.165) is 24.8 Å². The Kier molecular flexibility index (Phi) is 4.32. The highest BCUT2D eigenvalue weighted by molar-refractivity contribution is 5.79. The first-order valence-electron chi connectivity index (χ1n) is 9.39. The second-order valence-electron chi connectivity index (χ2n) is 8.13. The van der Waals surface area contributed by atoms with Crippen LogP contribution in [0.1, 0.15) is 44.1 Å². The molecule has 0 aromatic heterocycles. The molecule has 1 aliphatic heterocycles. The van der Waals surface area contributed by atoms with Gasteiger partial charge in [0, 0.05) is 24.9 Å². The number of β-amino-alcohol motifs (C(OH)–C–C–N with tert-alkyl or cyclic N) is 1. The van der Waals surface area contributed by atoms with E-state index in [1.165, 1.54) is 12.1 Å². The Morgan fingerprint density at radius 1 is 1.08 bits per heavy atom. The third-order valence-electron chi connectivity index (χ3n) is 6.72. The van der Waals surface area contributed by atoms with Crippen LogP contribution >= 0.6 is 0 Å². The quantitative estimate of drug-likeness (QED) is 0.881. The molecular weight excluding hydrogens is 321 g/mol. The Labute approximate surface area is 147 Å². The first-order chi connectivity index (χ1) is 12.0. The number of amides is 1. The lowest BCUT2D eigenvalue weighted by molar-refractivity contribution is -0.146. The second-order valence-corrected chi connectivity index (χ2v) is 8.13. The fourth-order valence-corrected chi connectivity index (χ4v) is 5.51. The van der Waals surface area contributed by atoms with Crippen LogP contribution in [-0.2, 0) is 10.2 Å². The molecule has 4 nitrogen and oxygen atoms in total. The Morgan fingerprint density at radius 2 is 1.68 bits per heavy atom. The van der Waals surface area contributed by atoms with E-state index < -0.39 is 6.10 Å². The predicted octanol–water partition coefficient (Wildman–Crippen LogP) is 2.23. The maximum absolute atomic E-state index is 13.5. The average Bonchev–Trinajstić information content (AvgIpc) is 2.53. The van der Waals surface area contributed by atoms with Crippen LogP contribution in [0.15, 0.2) is 24.3 Å². The molecule has 5 heteroatoms. The molecule has 0 radical (unpaired) electrons. The van der Waals surface area contributed by atoms with E-state index in [-0.39, 0.29) is 35.1 Å². The number of carbonyl (C=O) groups is 1. The maximum atomic E-state index is 13.5. The van der Waals surface area contributed by atoms with Gasteiger partial charge in [0.1, 0.15) is 5.82 Å². The molecule has 1 amide bonds. The number of aliphatic hydroxyl groups is 2. The van der Waals surface area contributed by atoms with Crippen LogP contribution in [-0.4, -0.2) is 46.3 Å². The average molecular weight is 347 g/mol. The zero-order chi connectivity index (χ0) is 17.6. The molecule has 25 heavy (non-hydrogen) atoms. The minimum absolute atomic E-state index is 0.0721. The molecule has 1 aromatic rings. The SMILES string of the molecule is O=C(C[C@]1(c2ccc(F)cc2)C2CCCC1C[C@@H](O)C2)N1CC(O)C1. The van der Waals surface area contributed by atoms with E-state index in [1.54, 1.807) is 4.90 Å². The third kappa shape index (κ3) is 2.87. The normalized spacial score (nSPS) is 35.3. The van der Waals surface area contributed by atoms with E-state index in [1.807, 2.05) is 12.1 Å². The number of rotatable bonds is 3. The van der Waals surface area contributed by atoms with E-state index in [0.29, 0.717) is 32.4 Å². The van der Waals surface area contributed by atoms with Crippen molar-refractivity contribution in [2.75, 3.05) is 13.1 Å². The predicted molar refractivity (Wildman–Crippen MR) is 91.4 cm³/mol. The number of hydrogen-bond donors (Lipinski definition) is 2. The van der Waals surface area contributed by atoms with Crippen molar-refractivity contribution in [1.82, 2.24) is 4.90 Å². The Hall–Kier alpha value is -1.46. The van der Waals surface area contributed by atoms with Crippen LogP contribution in [0, 0.1) is 17.7 Å². The highest BCUT2D eigenvalue weighted by Crippen LogP contribution is 2.56. The van der Waals surface area contributed by atoms with Crippen molar-refractivity contribution in [2.24, 2.45) is 11.8 Å². The molecule has 3 aliphatic rings. The fraction of sp³-hybridized carbons (Fsp3) is 0.650. The lowest BCUT2D eigenvalue weighted by atomic mass is 9.50. The van der Waals surface area contributed by atoms with Gasteiger partial charge in [0.15, 0.2) is 0 Å². The van der Waals surface area contributed by atoms with Gasteiger partial charge < -0.3 is 15.1 Å². The smallest absolute Gasteiger partial charge is 0.223 e. The summed E-state index contributed by atoms with van der Waals surface area (Å²) in [5.74, 6) is 0.297. The Balaban J connectivity index is 1.70. The number of nitrogens with zero attached hydrogens (tertiary/aromatic N) is 1. The zero-order valence-corrected chi connectivity index (χ0v) is 14.4. The lowest BCUT2D eigenvalue weighted by Crippen LogP contribution is -2.58. The molecule has 1 heterocycles. The van der Waals surface area contributed by atoms with Crippen LogP contribution in [0.3, 0.4) is 0 Å². The molecule has 1 aromatic carbocycles. The van der Waals surface area contributed by atoms with Gasteiger partial charge in [-0.05, 0) is 55.2 Å². The molecule has 2 bridgehead atoms. The minimum Gasteiger partial charge on any atom is -0.393 e. The van der Waals surface area contributed by atoms with Gasteiger partial charge in [0.2, 0.25) is 5.91 Å². The third-order valence-corrected chi connectivity index (χ3v) is 6.72. The number of likely N-dealkylation sites (tertiary alicyclic amines) is 1. The van der Waals surface area contributed by atoms with Crippen molar-refractivity contribution < 1.29 is 19.4 Å². The summed E-state index contributed by atoms with van der Waals surface area (Å²) in [6, 6.07) is 6.62. The number of hydrogen-bond acceptors (Lipinski definition) is 3. The van der Waals surface area contributed by atoms with Crippen LogP contribution in [0.2, 0.25) is 0 Å². The fourth-order valence-electron chi connectivity index (χ4n) is 5.51. The number of halogens is 1. The van der Waals surface area contributed by atoms with E-state index >= 15 is 0 Å². The Bertz CT molecular complexity index is 627. The van der Waals surface area contributed by atoms with Crippen LogP contribution in [0.4, 0.5) is 4.39 Å². The van der Waals surface area contributed by atoms with Gasteiger partial charge in [-0.25, -0.2) is 4.39 Å². The van der Waals surface area contributed by atoms with Crippen molar-refractivity contribution in [1.29, 1.82) is 0 Å². The first-order valence-corrected chi connectivity index (χ1v) is 9.39. The van der Waals surface area contributed by atoms with Crippen molar-refractivity contribution in [3.63, 3.8) is 0 Å². The van der Waals surface area contributed by atoms with Gasteiger partial charge in [-0.15, -0.1) is 0 Å². The zero-order valence-electron chi connectivity index (χ0n) is 14.4. The number of aliphatic hydroxyl groups excluding tert-OH is 2. The van der Waals surface area contributed by atoms with Crippen LogP contribution in [0.5, 0.6) is 0 Å². The molecule has 2 atom stereocenters. The number of benzene rings is 1. The topological polar surface area (TPSA) is 60.8 Å². The summed E-state index contributed by atoms with van der Waals surface area (Å²) in [5.41, 5.74) is 0.716. The van der Waals surface area contributed by atoms with Crippen molar-refractivity contribution in [3.8, 4) is 0 Å². The molecule has 1 saturated heterocycles. The number of carbonyl (C=O) groups excluding carboxylic acids is 1. The van der Waals surface area contributed by atoms with Gasteiger partial charge in [-0.1, -0.05) is 18.6 Å².